The Balaban J connectivity index is 1.92. The molecule has 0 bridgehead atoms. The monoisotopic (exact) mass is 316 g/mol. The molecular formula is C15H32N2O3Si. The molecule has 0 aromatic heterocycles. The van der Waals surface area contributed by atoms with Gasteiger partial charge in [-0.05, 0) is 25.6 Å². The number of likely N-dealkylation sites (N-methyl/N-ethyl adjacent to an activating group) is 1. The predicted octanol–water partition coefficient (Wildman–Crippen LogP) is 1.54. The van der Waals surface area contributed by atoms with Crippen LogP contribution in [0.15, 0.2) is 0 Å². The Morgan fingerprint density at radius 2 is 2.00 bits per heavy atom. The van der Waals surface area contributed by atoms with Crippen molar-refractivity contribution in [3.63, 3.8) is 0 Å². The van der Waals surface area contributed by atoms with Gasteiger partial charge in [0.25, 0.3) is 0 Å². The molecule has 2 atom stereocenters. The maximum Gasteiger partial charge on any atom is 0.338 e. The lowest BCUT2D eigenvalue weighted by Crippen LogP contribution is -2.52. The Labute approximate surface area is 130 Å². The predicted molar refractivity (Wildman–Crippen MR) is 86.9 cm³/mol. The molecule has 2 saturated heterocycles. The number of piperazine rings is 1. The normalized spacial score (nSPS) is 33.6. The summed E-state index contributed by atoms with van der Waals surface area (Å²) >= 11 is 0. The second-order valence-corrected chi connectivity index (χ2v) is 9.85. The Morgan fingerprint density at radius 1 is 1.24 bits per heavy atom. The zero-order chi connectivity index (χ0) is 15.1. The molecule has 5 nitrogen and oxygen atoms in total. The van der Waals surface area contributed by atoms with Crippen LogP contribution in [0.4, 0.5) is 0 Å². The zero-order valence-corrected chi connectivity index (χ0v) is 15.0. The minimum absolute atomic E-state index is 0.173. The summed E-state index contributed by atoms with van der Waals surface area (Å²) < 4.78 is 18.2. The van der Waals surface area contributed by atoms with E-state index in [0.717, 1.165) is 64.3 Å². The zero-order valence-electron chi connectivity index (χ0n) is 14.0. The Morgan fingerprint density at radius 3 is 2.67 bits per heavy atom. The lowest BCUT2D eigenvalue weighted by atomic mass is 10.3. The van der Waals surface area contributed by atoms with Gasteiger partial charge < -0.3 is 18.5 Å². The van der Waals surface area contributed by atoms with Crippen LogP contribution >= 0.6 is 0 Å². The average Bonchev–Trinajstić information content (AvgIpc) is 2.46. The molecule has 0 N–H and O–H groups in total. The number of rotatable bonds is 5. The van der Waals surface area contributed by atoms with Crippen molar-refractivity contribution in [3.8, 4) is 0 Å². The van der Waals surface area contributed by atoms with Gasteiger partial charge in [-0.3, -0.25) is 4.90 Å². The molecule has 0 aromatic carbocycles. The van der Waals surface area contributed by atoms with Crippen molar-refractivity contribution in [2.75, 3.05) is 60.1 Å². The lowest BCUT2D eigenvalue weighted by Gasteiger charge is -2.39. The van der Waals surface area contributed by atoms with Gasteiger partial charge in [0.2, 0.25) is 0 Å². The van der Waals surface area contributed by atoms with Crippen LogP contribution in [-0.2, 0) is 13.6 Å². The topological polar surface area (TPSA) is 34.2 Å². The van der Waals surface area contributed by atoms with E-state index in [1.54, 1.807) is 0 Å². The number of hydrogen-bond acceptors (Lipinski definition) is 5. The van der Waals surface area contributed by atoms with E-state index in [1.165, 1.54) is 0 Å². The van der Waals surface area contributed by atoms with Gasteiger partial charge in [-0.2, -0.15) is 0 Å². The molecule has 21 heavy (non-hydrogen) atoms. The third-order valence-corrected chi connectivity index (χ3v) is 8.48. The maximum atomic E-state index is 6.53. The first kappa shape index (κ1) is 17.4. The molecule has 2 rings (SSSR count). The van der Waals surface area contributed by atoms with Crippen molar-refractivity contribution in [2.24, 2.45) is 0 Å². The van der Waals surface area contributed by atoms with Crippen molar-refractivity contribution < 1.29 is 13.6 Å². The molecule has 0 amide bonds. The largest absolute Gasteiger partial charge is 0.398 e. The van der Waals surface area contributed by atoms with Gasteiger partial charge in [0.05, 0.1) is 12.7 Å². The van der Waals surface area contributed by atoms with Crippen LogP contribution in [0, 0.1) is 0 Å². The van der Waals surface area contributed by atoms with E-state index in [0.29, 0.717) is 6.61 Å². The number of nitrogens with zero attached hydrogens (tertiary/aromatic N) is 2. The molecule has 6 heteroatoms. The molecule has 0 radical (unpaired) electrons. The second-order valence-electron chi connectivity index (χ2n) is 6.39. The van der Waals surface area contributed by atoms with Crippen LogP contribution in [0.25, 0.3) is 0 Å². The summed E-state index contributed by atoms with van der Waals surface area (Å²) in [5.74, 6) is 0. The highest BCUT2D eigenvalue weighted by molar-refractivity contribution is 6.67. The van der Waals surface area contributed by atoms with Crippen molar-refractivity contribution >= 4 is 8.56 Å². The Hall–Kier alpha value is 0.0169. The van der Waals surface area contributed by atoms with Crippen LogP contribution in [0.3, 0.4) is 0 Å². The molecule has 2 heterocycles. The fraction of sp³-hybridized carbons (Fsp3) is 1.00. The summed E-state index contributed by atoms with van der Waals surface area (Å²) in [6.07, 6.45) is 2.38. The summed E-state index contributed by atoms with van der Waals surface area (Å²) in [4.78, 5) is 4.90. The standard InChI is InChI=1S/C15H32N2O3Si/c1-4-11-21(18-3)12-5-10-19-14-15(20-21)13-17-8-6-16(2)7-9-17/h15H,4-14H2,1-3H3. The molecule has 2 fully saturated rings. The van der Waals surface area contributed by atoms with Gasteiger partial charge in [0.15, 0.2) is 0 Å². The minimum atomic E-state index is -2.02. The fourth-order valence-electron chi connectivity index (χ4n) is 3.28. The van der Waals surface area contributed by atoms with Gasteiger partial charge in [-0.25, -0.2) is 0 Å². The van der Waals surface area contributed by atoms with E-state index < -0.39 is 8.56 Å². The second kappa shape index (κ2) is 8.60. The van der Waals surface area contributed by atoms with Gasteiger partial charge in [0, 0.05) is 46.4 Å². The van der Waals surface area contributed by atoms with E-state index in [9.17, 15) is 0 Å². The van der Waals surface area contributed by atoms with Crippen LogP contribution in [0.1, 0.15) is 19.8 Å². The van der Waals surface area contributed by atoms with Gasteiger partial charge in [0.1, 0.15) is 0 Å². The van der Waals surface area contributed by atoms with E-state index in [1.807, 2.05) is 7.11 Å². The van der Waals surface area contributed by atoms with E-state index in [4.69, 9.17) is 13.6 Å². The van der Waals surface area contributed by atoms with Crippen molar-refractivity contribution in [1.29, 1.82) is 0 Å². The smallest absolute Gasteiger partial charge is 0.338 e. The molecular weight excluding hydrogens is 284 g/mol. The van der Waals surface area contributed by atoms with Gasteiger partial charge in [-0.1, -0.05) is 13.3 Å². The van der Waals surface area contributed by atoms with Crippen molar-refractivity contribution in [3.05, 3.63) is 0 Å². The molecule has 0 aliphatic carbocycles. The molecule has 0 aromatic rings. The first-order valence-corrected chi connectivity index (χ1v) is 10.6. The Bertz CT molecular complexity index is 301. The quantitative estimate of drug-likeness (QED) is 0.719. The van der Waals surface area contributed by atoms with Crippen molar-refractivity contribution in [1.82, 2.24) is 9.80 Å². The van der Waals surface area contributed by atoms with Crippen LogP contribution in [0.5, 0.6) is 0 Å². The van der Waals surface area contributed by atoms with Crippen molar-refractivity contribution in [2.45, 2.75) is 38.0 Å². The van der Waals surface area contributed by atoms with E-state index >= 15 is 0 Å². The van der Waals surface area contributed by atoms with Gasteiger partial charge >= 0.3 is 8.56 Å². The highest BCUT2D eigenvalue weighted by Gasteiger charge is 2.39. The molecule has 124 valence electrons. The Kier molecular flexibility index (Phi) is 7.11. The van der Waals surface area contributed by atoms with E-state index in [-0.39, 0.29) is 6.10 Å². The SMILES string of the molecule is CCC[Si]1(OC)CCCOCC(CN2CCN(C)CC2)O1. The first-order chi connectivity index (χ1) is 10.2. The third-order valence-electron chi connectivity index (χ3n) is 4.59. The lowest BCUT2D eigenvalue weighted by molar-refractivity contribution is -0.00673. The number of ether oxygens (including phenoxy) is 1. The molecule has 0 saturated carbocycles. The summed E-state index contributed by atoms with van der Waals surface area (Å²) in [6, 6.07) is 2.17. The molecule has 2 unspecified atom stereocenters. The maximum absolute atomic E-state index is 6.53. The van der Waals surface area contributed by atoms with Crippen LogP contribution in [-0.4, -0.2) is 84.6 Å². The number of hydrogen-bond donors (Lipinski definition) is 0. The highest BCUT2D eigenvalue weighted by Crippen LogP contribution is 2.26. The summed E-state index contributed by atoms with van der Waals surface area (Å²) in [5, 5.41) is 0. The van der Waals surface area contributed by atoms with E-state index in [2.05, 4.69) is 23.8 Å². The van der Waals surface area contributed by atoms with Gasteiger partial charge in [-0.15, -0.1) is 0 Å². The van der Waals surface area contributed by atoms with Crippen LogP contribution in [0.2, 0.25) is 12.1 Å². The highest BCUT2D eigenvalue weighted by atomic mass is 28.4. The molecule has 2 aliphatic rings. The summed E-state index contributed by atoms with van der Waals surface area (Å²) in [6.45, 7) is 9.33. The summed E-state index contributed by atoms with van der Waals surface area (Å²) in [7, 11) is 2.02. The average molecular weight is 317 g/mol. The molecule has 2 aliphatic heterocycles. The van der Waals surface area contributed by atoms with Crippen LogP contribution < -0.4 is 0 Å². The third kappa shape index (κ3) is 5.30. The molecule has 0 spiro atoms. The minimum Gasteiger partial charge on any atom is -0.398 e. The summed E-state index contributed by atoms with van der Waals surface area (Å²) in [5.41, 5.74) is 0. The first-order valence-electron chi connectivity index (χ1n) is 8.39. The fourth-order valence-corrected chi connectivity index (χ4v) is 6.47.